The Morgan fingerprint density at radius 3 is 2.56 bits per heavy atom. The van der Waals surface area contributed by atoms with Crippen LogP contribution in [0.25, 0.3) is 0 Å². The molecule has 18 heavy (non-hydrogen) atoms. The van der Waals surface area contributed by atoms with Gasteiger partial charge in [0.25, 0.3) is 0 Å². The standard InChI is InChI=1S/C12H16N2O4/c1-18-12(17)8-4-7(13)2-3-9(8)14-5-10(15)11(16)6-14/h2-4,10-11,15-16H,5-6,13H2,1H3. The van der Waals surface area contributed by atoms with E-state index in [0.29, 0.717) is 16.9 Å². The molecule has 1 aromatic carbocycles. The maximum absolute atomic E-state index is 11.7. The molecule has 1 saturated heterocycles. The molecule has 2 unspecified atom stereocenters. The number of nitrogen functional groups attached to an aromatic ring is 1. The van der Waals surface area contributed by atoms with Crippen LogP contribution in [0, 0.1) is 0 Å². The second kappa shape index (κ2) is 4.83. The molecule has 6 heteroatoms. The minimum Gasteiger partial charge on any atom is -0.465 e. The molecule has 0 aromatic heterocycles. The summed E-state index contributed by atoms with van der Waals surface area (Å²) in [6.45, 7) is 0.546. The zero-order valence-electron chi connectivity index (χ0n) is 10.0. The lowest BCUT2D eigenvalue weighted by atomic mass is 10.1. The fraction of sp³-hybridized carbons (Fsp3) is 0.417. The number of nitrogens with zero attached hydrogens (tertiary/aromatic N) is 1. The van der Waals surface area contributed by atoms with E-state index in [1.165, 1.54) is 13.2 Å². The quantitative estimate of drug-likeness (QED) is 0.489. The number of β-amino-alcohol motifs (C(OH)–C–C–N with tert-alkyl or cyclic N) is 2. The van der Waals surface area contributed by atoms with Gasteiger partial charge in [0, 0.05) is 18.8 Å². The van der Waals surface area contributed by atoms with E-state index in [9.17, 15) is 15.0 Å². The Labute approximate surface area is 105 Å². The van der Waals surface area contributed by atoms with Crippen molar-refractivity contribution < 1.29 is 19.7 Å². The fourth-order valence-electron chi connectivity index (χ4n) is 2.07. The Morgan fingerprint density at radius 2 is 2.00 bits per heavy atom. The van der Waals surface area contributed by atoms with Gasteiger partial charge in [0.15, 0.2) is 0 Å². The molecule has 0 spiro atoms. The molecule has 0 amide bonds. The number of carbonyl (C=O) groups excluding carboxylic acids is 1. The molecule has 98 valence electrons. The number of rotatable bonds is 2. The van der Waals surface area contributed by atoms with E-state index in [1.54, 1.807) is 17.0 Å². The van der Waals surface area contributed by atoms with Crippen LogP contribution in [0.1, 0.15) is 10.4 Å². The van der Waals surface area contributed by atoms with E-state index in [4.69, 9.17) is 10.5 Å². The van der Waals surface area contributed by atoms with Crippen LogP contribution < -0.4 is 10.6 Å². The van der Waals surface area contributed by atoms with E-state index in [0.717, 1.165) is 0 Å². The summed E-state index contributed by atoms with van der Waals surface area (Å²) in [5.41, 5.74) is 7.04. The molecule has 0 bridgehead atoms. The molecule has 1 fully saturated rings. The Hall–Kier alpha value is -1.79. The minimum atomic E-state index is -0.812. The molecule has 0 saturated carbocycles. The summed E-state index contributed by atoms with van der Waals surface area (Å²) in [6.07, 6.45) is -1.62. The third-order valence-electron chi connectivity index (χ3n) is 3.03. The average Bonchev–Trinajstić information content (AvgIpc) is 2.68. The van der Waals surface area contributed by atoms with Gasteiger partial charge in [-0.25, -0.2) is 4.79 Å². The van der Waals surface area contributed by atoms with Crippen molar-refractivity contribution >= 4 is 17.3 Å². The average molecular weight is 252 g/mol. The minimum absolute atomic E-state index is 0.273. The predicted octanol–water partition coefficient (Wildman–Crippen LogP) is -0.403. The SMILES string of the molecule is COC(=O)c1cc(N)ccc1N1CC(O)C(O)C1. The summed E-state index contributed by atoms with van der Waals surface area (Å²) in [6, 6.07) is 4.88. The summed E-state index contributed by atoms with van der Waals surface area (Å²) in [7, 11) is 1.29. The molecule has 2 rings (SSSR count). The van der Waals surface area contributed by atoms with Gasteiger partial charge in [-0.1, -0.05) is 0 Å². The van der Waals surface area contributed by atoms with Crippen LogP contribution >= 0.6 is 0 Å². The highest BCUT2D eigenvalue weighted by Gasteiger charge is 2.31. The maximum atomic E-state index is 11.7. The molecule has 1 aliphatic rings. The lowest BCUT2D eigenvalue weighted by Crippen LogP contribution is -2.23. The molecule has 2 atom stereocenters. The highest BCUT2D eigenvalue weighted by atomic mass is 16.5. The second-order valence-electron chi connectivity index (χ2n) is 4.31. The molecule has 1 heterocycles. The number of nitrogens with two attached hydrogens (primary N) is 1. The number of aliphatic hydroxyl groups excluding tert-OH is 2. The molecule has 1 aliphatic heterocycles. The van der Waals surface area contributed by atoms with E-state index in [1.807, 2.05) is 0 Å². The lowest BCUT2D eigenvalue weighted by Gasteiger charge is -2.20. The first-order chi connectivity index (χ1) is 8.52. The first-order valence-electron chi connectivity index (χ1n) is 5.62. The third-order valence-corrected chi connectivity index (χ3v) is 3.03. The van der Waals surface area contributed by atoms with Gasteiger partial charge in [0.05, 0.1) is 30.6 Å². The van der Waals surface area contributed by atoms with E-state index in [2.05, 4.69) is 0 Å². The molecule has 6 nitrogen and oxygen atoms in total. The lowest BCUT2D eigenvalue weighted by molar-refractivity contribution is 0.0572. The van der Waals surface area contributed by atoms with Crippen molar-refractivity contribution in [2.24, 2.45) is 0 Å². The Morgan fingerprint density at radius 1 is 1.39 bits per heavy atom. The highest BCUT2D eigenvalue weighted by Crippen LogP contribution is 2.27. The normalized spacial score (nSPS) is 23.2. The number of ether oxygens (including phenoxy) is 1. The molecule has 0 aliphatic carbocycles. The monoisotopic (exact) mass is 252 g/mol. The zero-order valence-corrected chi connectivity index (χ0v) is 10.0. The van der Waals surface area contributed by atoms with Crippen molar-refractivity contribution in [1.82, 2.24) is 0 Å². The number of anilines is 2. The van der Waals surface area contributed by atoms with Crippen molar-refractivity contribution in [2.75, 3.05) is 30.8 Å². The van der Waals surface area contributed by atoms with E-state index < -0.39 is 18.2 Å². The fourth-order valence-corrected chi connectivity index (χ4v) is 2.07. The highest BCUT2D eigenvalue weighted by molar-refractivity contribution is 5.97. The maximum Gasteiger partial charge on any atom is 0.340 e. The number of carbonyl (C=O) groups is 1. The van der Waals surface area contributed by atoms with Crippen molar-refractivity contribution in [1.29, 1.82) is 0 Å². The van der Waals surface area contributed by atoms with Crippen LogP contribution in [0.15, 0.2) is 18.2 Å². The zero-order chi connectivity index (χ0) is 13.3. The Balaban J connectivity index is 2.36. The number of hydrogen-bond donors (Lipinski definition) is 3. The van der Waals surface area contributed by atoms with Crippen LogP contribution in [0.5, 0.6) is 0 Å². The van der Waals surface area contributed by atoms with Gasteiger partial charge in [-0.05, 0) is 18.2 Å². The van der Waals surface area contributed by atoms with E-state index >= 15 is 0 Å². The van der Waals surface area contributed by atoms with Gasteiger partial charge in [0.2, 0.25) is 0 Å². The van der Waals surface area contributed by atoms with E-state index in [-0.39, 0.29) is 13.1 Å². The van der Waals surface area contributed by atoms with Gasteiger partial charge >= 0.3 is 5.97 Å². The van der Waals surface area contributed by atoms with Crippen molar-refractivity contribution in [3.63, 3.8) is 0 Å². The second-order valence-corrected chi connectivity index (χ2v) is 4.31. The molecular formula is C12H16N2O4. The summed E-state index contributed by atoms with van der Waals surface area (Å²) in [5, 5.41) is 19.1. The summed E-state index contributed by atoms with van der Waals surface area (Å²) >= 11 is 0. The van der Waals surface area contributed by atoms with Gasteiger partial charge in [-0.15, -0.1) is 0 Å². The molecule has 1 aromatic rings. The first kappa shape index (κ1) is 12.7. The van der Waals surface area contributed by atoms with Crippen molar-refractivity contribution in [2.45, 2.75) is 12.2 Å². The number of methoxy groups -OCH3 is 1. The van der Waals surface area contributed by atoms with Crippen molar-refractivity contribution in [3.05, 3.63) is 23.8 Å². The largest absolute Gasteiger partial charge is 0.465 e. The summed E-state index contributed by atoms with van der Waals surface area (Å²) in [5.74, 6) is -0.492. The van der Waals surface area contributed by atoms with Gasteiger partial charge in [-0.2, -0.15) is 0 Å². The summed E-state index contributed by atoms with van der Waals surface area (Å²) in [4.78, 5) is 13.4. The predicted molar refractivity (Wildman–Crippen MR) is 66.4 cm³/mol. The van der Waals surface area contributed by atoms with Gasteiger partial charge in [-0.3, -0.25) is 0 Å². The van der Waals surface area contributed by atoms with Gasteiger partial charge < -0.3 is 25.6 Å². The van der Waals surface area contributed by atoms with Crippen molar-refractivity contribution in [3.8, 4) is 0 Å². The van der Waals surface area contributed by atoms with Crippen LogP contribution in [-0.2, 0) is 4.74 Å². The summed E-state index contributed by atoms with van der Waals surface area (Å²) < 4.78 is 4.70. The molecule has 4 N–H and O–H groups in total. The Kier molecular flexibility index (Phi) is 3.40. The first-order valence-corrected chi connectivity index (χ1v) is 5.62. The smallest absolute Gasteiger partial charge is 0.340 e. The Bertz CT molecular complexity index is 453. The van der Waals surface area contributed by atoms with Crippen LogP contribution in [0.2, 0.25) is 0 Å². The number of hydrogen-bond acceptors (Lipinski definition) is 6. The third kappa shape index (κ3) is 2.25. The van der Waals surface area contributed by atoms with Crippen LogP contribution in [0.4, 0.5) is 11.4 Å². The molecular weight excluding hydrogens is 236 g/mol. The number of aliphatic hydroxyl groups is 2. The topological polar surface area (TPSA) is 96.0 Å². The molecule has 0 radical (unpaired) electrons. The van der Waals surface area contributed by atoms with Crippen LogP contribution in [-0.4, -0.2) is 48.6 Å². The van der Waals surface area contributed by atoms with Crippen LogP contribution in [0.3, 0.4) is 0 Å². The number of benzene rings is 1. The van der Waals surface area contributed by atoms with Gasteiger partial charge in [0.1, 0.15) is 0 Å². The number of esters is 1.